The number of allylic oxidation sites excluding steroid dienone is 1. The Labute approximate surface area is 158 Å². The molecular formula is C21H21ClN2O2. The van der Waals surface area contributed by atoms with Crippen molar-refractivity contribution in [2.45, 2.75) is 26.3 Å². The van der Waals surface area contributed by atoms with Crippen LogP contribution in [0.3, 0.4) is 0 Å². The molecule has 0 unspecified atom stereocenters. The number of carbonyl (C=O) groups is 1. The molecule has 2 aromatic carbocycles. The summed E-state index contributed by atoms with van der Waals surface area (Å²) in [6.07, 6.45) is 3.96. The van der Waals surface area contributed by atoms with Gasteiger partial charge in [0.25, 0.3) is 0 Å². The number of nitrogens with zero attached hydrogens (tertiary/aromatic N) is 2. The molecule has 0 saturated carbocycles. The molecule has 1 heterocycles. The largest absolute Gasteiger partial charge is 0.478 e. The molecule has 0 radical (unpaired) electrons. The van der Waals surface area contributed by atoms with Crippen LogP contribution in [-0.2, 0) is 0 Å². The van der Waals surface area contributed by atoms with Crippen molar-refractivity contribution < 1.29 is 9.90 Å². The minimum atomic E-state index is -0.951. The molecule has 0 fully saturated rings. The summed E-state index contributed by atoms with van der Waals surface area (Å²) in [7, 11) is 2.07. The summed E-state index contributed by atoms with van der Waals surface area (Å²) in [5, 5.41) is 9.58. The molecule has 1 aliphatic rings. The highest BCUT2D eigenvalue weighted by atomic mass is 35.5. The molecule has 0 spiro atoms. The maximum atomic E-state index is 10.9. The molecule has 0 bridgehead atoms. The molecule has 5 heteroatoms. The van der Waals surface area contributed by atoms with Gasteiger partial charge in [0, 0.05) is 30.1 Å². The molecule has 0 saturated heterocycles. The molecule has 0 atom stereocenters. The van der Waals surface area contributed by atoms with E-state index in [1.165, 1.54) is 17.7 Å². The zero-order valence-electron chi connectivity index (χ0n) is 15.2. The van der Waals surface area contributed by atoms with E-state index >= 15 is 0 Å². The van der Waals surface area contributed by atoms with Gasteiger partial charge in [0.15, 0.2) is 0 Å². The summed E-state index contributed by atoms with van der Waals surface area (Å²) in [5.74, 6) is -0.951. The van der Waals surface area contributed by atoms with Crippen molar-refractivity contribution in [1.82, 2.24) is 0 Å². The van der Waals surface area contributed by atoms with Gasteiger partial charge in [-0.15, -0.1) is 0 Å². The van der Waals surface area contributed by atoms with Crippen LogP contribution in [0.25, 0.3) is 5.57 Å². The van der Waals surface area contributed by atoms with Gasteiger partial charge in [0.1, 0.15) is 0 Å². The molecular weight excluding hydrogens is 348 g/mol. The van der Waals surface area contributed by atoms with Crippen molar-refractivity contribution >= 4 is 40.7 Å². The number of aromatic carboxylic acids is 1. The second kappa shape index (κ2) is 6.61. The molecule has 0 amide bonds. The highest BCUT2D eigenvalue weighted by Gasteiger charge is 2.29. The van der Waals surface area contributed by atoms with Gasteiger partial charge in [0.05, 0.1) is 21.8 Å². The third-order valence-electron chi connectivity index (χ3n) is 4.80. The average Bonchev–Trinajstić information content (AvgIpc) is 2.58. The lowest BCUT2D eigenvalue weighted by Crippen LogP contribution is -2.42. The summed E-state index contributed by atoms with van der Waals surface area (Å²) in [5.41, 5.74) is 5.12. The van der Waals surface area contributed by atoms with Crippen molar-refractivity contribution in [3.63, 3.8) is 0 Å². The van der Waals surface area contributed by atoms with Crippen LogP contribution < -0.4 is 4.90 Å². The highest BCUT2D eigenvalue weighted by Crippen LogP contribution is 2.40. The minimum absolute atomic E-state index is 0.0676. The van der Waals surface area contributed by atoms with E-state index < -0.39 is 5.97 Å². The summed E-state index contributed by atoms with van der Waals surface area (Å²) in [6, 6.07) is 10.4. The first-order valence-electron chi connectivity index (χ1n) is 8.34. The lowest BCUT2D eigenvalue weighted by atomic mass is 9.88. The van der Waals surface area contributed by atoms with Gasteiger partial charge in [-0.25, -0.2) is 4.79 Å². The number of fused-ring (bicyclic) bond motifs is 1. The third kappa shape index (κ3) is 3.37. The van der Waals surface area contributed by atoms with Gasteiger partial charge in [-0.2, -0.15) is 0 Å². The van der Waals surface area contributed by atoms with E-state index in [-0.39, 0.29) is 11.1 Å². The fourth-order valence-electron chi connectivity index (χ4n) is 3.12. The molecule has 4 nitrogen and oxygen atoms in total. The third-order valence-corrected chi connectivity index (χ3v) is 5.13. The normalized spacial score (nSPS) is 15.7. The standard InChI is InChI=1S/C21H21ClN2O2/c1-13-11-21(2,3)24(4)19-10-18(22)15(9-17(13)19)12-23-16-7-5-14(6-8-16)20(25)26/h5-12H,1-4H3,(H,25,26). The zero-order valence-corrected chi connectivity index (χ0v) is 16.0. The van der Waals surface area contributed by atoms with E-state index in [4.69, 9.17) is 16.7 Å². The Morgan fingerprint density at radius 2 is 1.88 bits per heavy atom. The lowest BCUT2D eigenvalue weighted by Gasteiger charge is -2.40. The number of rotatable bonds is 3. The molecule has 2 aromatic rings. The van der Waals surface area contributed by atoms with E-state index in [2.05, 4.69) is 43.8 Å². The molecule has 134 valence electrons. The van der Waals surface area contributed by atoms with Gasteiger partial charge in [0.2, 0.25) is 0 Å². The molecule has 1 aliphatic heterocycles. The first-order valence-corrected chi connectivity index (χ1v) is 8.71. The topological polar surface area (TPSA) is 52.9 Å². The number of anilines is 1. The smallest absolute Gasteiger partial charge is 0.335 e. The number of carboxylic acid groups (broad SMARTS) is 1. The Morgan fingerprint density at radius 3 is 2.50 bits per heavy atom. The Morgan fingerprint density at radius 1 is 1.23 bits per heavy atom. The number of aliphatic imine (C=N–C) groups is 1. The summed E-state index contributed by atoms with van der Waals surface area (Å²) >= 11 is 6.49. The number of carboxylic acids is 1. The second-order valence-electron chi connectivity index (χ2n) is 7.04. The summed E-state index contributed by atoms with van der Waals surface area (Å²) < 4.78 is 0. The predicted molar refractivity (Wildman–Crippen MR) is 108 cm³/mol. The van der Waals surface area contributed by atoms with Gasteiger partial charge >= 0.3 is 5.97 Å². The number of hydrogen-bond acceptors (Lipinski definition) is 3. The maximum Gasteiger partial charge on any atom is 0.335 e. The van der Waals surface area contributed by atoms with Crippen molar-refractivity contribution in [1.29, 1.82) is 0 Å². The van der Waals surface area contributed by atoms with E-state index in [0.717, 1.165) is 16.8 Å². The SMILES string of the molecule is CC1=CC(C)(C)N(C)c2cc(Cl)c(C=Nc3ccc(C(=O)O)cc3)cc21. The average molecular weight is 369 g/mol. The first kappa shape index (κ1) is 18.2. The molecule has 0 aromatic heterocycles. The minimum Gasteiger partial charge on any atom is -0.478 e. The number of likely N-dealkylation sites (N-methyl/N-ethyl adjacent to an activating group) is 1. The van der Waals surface area contributed by atoms with Gasteiger partial charge < -0.3 is 10.0 Å². The van der Waals surface area contributed by atoms with Crippen LogP contribution in [-0.4, -0.2) is 29.9 Å². The molecule has 26 heavy (non-hydrogen) atoms. The molecule has 0 aliphatic carbocycles. The Bertz CT molecular complexity index is 928. The van der Waals surface area contributed by atoms with Gasteiger partial charge in [-0.3, -0.25) is 4.99 Å². The Hall–Kier alpha value is -2.59. The van der Waals surface area contributed by atoms with Crippen LogP contribution in [0.5, 0.6) is 0 Å². The lowest BCUT2D eigenvalue weighted by molar-refractivity contribution is 0.0697. The Balaban J connectivity index is 1.95. The maximum absolute atomic E-state index is 10.9. The molecule has 1 N–H and O–H groups in total. The van der Waals surface area contributed by atoms with E-state index in [1.54, 1.807) is 18.3 Å². The quantitative estimate of drug-likeness (QED) is 0.736. The second-order valence-corrected chi connectivity index (χ2v) is 7.45. The summed E-state index contributed by atoms with van der Waals surface area (Å²) in [4.78, 5) is 17.5. The van der Waals surface area contributed by atoms with E-state index in [9.17, 15) is 4.79 Å². The van der Waals surface area contributed by atoms with Gasteiger partial charge in [-0.1, -0.05) is 17.7 Å². The van der Waals surface area contributed by atoms with Gasteiger partial charge in [-0.05, 0) is 62.7 Å². The zero-order chi connectivity index (χ0) is 19.1. The predicted octanol–water partition coefficient (Wildman–Crippen LogP) is 5.42. The van der Waals surface area contributed by atoms with Crippen LogP contribution in [0.1, 0.15) is 42.3 Å². The van der Waals surface area contributed by atoms with Crippen LogP contribution in [0, 0.1) is 0 Å². The van der Waals surface area contributed by atoms with E-state index in [1.807, 2.05) is 12.1 Å². The number of benzene rings is 2. The van der Waals surface area contributed by atoms with Crippen LogP contribution in [0.2, 0.25) is 5.02 Å². The summed E-state index contributed by atoms with van der Waals surface area (Å²) in [6.45, 7) is 6.44. The van der Waals surface area contributed by atoms with Crippen molar-refractivity contribution in [2.75, 3.05) is 11.9 Å². The number of hydrogen-bond donors (Lipinski definition) is 1. The van der Waals surface area contributed by atoms with Crippen LogP contribution in [0.15, 0.2) is 47.5 Å². The number of halogens is 1. The highest BCUT2D eigenvalue weighted by molar-refractivity contribution is 6.33. The van der Waals surface area contributed by atoms with Crippen LogP contribution >= 0.6 is 11.6 Å². The fraction of sp³-hybridized carbons (Fsp3) is 0.238. The fourth-order valence-corrected chi connectivity index (χ4v) is 3.33. The van der Waals surface area contributed by atoms with Crippen molar-refractivity contribution in [2.24, 2.45) is 4.99 Å². The Kier molecular flexibility index (Phi) is 4.63. The van der Waals surface area contributed by atoms with Crippen molar-refractivity contribution in [3.8, 4) is 0 Å². The van der Waals surface area contributed by atoms with E-state index in [0.29, 0.717) is 10.7 Å². The van der Waals surface area contributed by atoms with Crippen molar-refractivity contribution in [3.05, 3.63) is 64.2 Å². The van der Waals surface area contributed by atoms with Crippen LogP contribution in [0.4, 0.5) is 11.4 Å². The molecule has 3 rings (SSSR count). The monoisotopic (exact) mass is 368 g/mol. The first-order chi connectivity index (χ1) is 12.2.